The third kappa shape index (κ3) is 5.25. The first-order valence-corrected chi connectivity index (χ1v) is 15.9. The average Bonchev–Trinajstić information content (AvgIpc) is 3.14. The van der Waals surface area contributed by atoms with E-state index in [4.69, 9.17) is 0 Å². The summed E-state index contributed by atoms with van der Waals surface area (Å²) in [6.07, 6.45) is 2.46. The molecule has 3 aromatic carbocycles. The predicted molar refractivity (Wildman–Crippen MR) is 146 cm³/mol. The molecular formula is C29H34N2O4S2. The molecule has 0 radical (unpaired) electrons. The fraction of sp³-hybridized carbons (Fsp3) is 0.379. The van der Waals surface area contributed by atoms with E-state index in [-0.39, 0.29) is 17.1 Å². The summed E-state index contributed by atoms with van der Waals surface area (Å²) in [4.78, 5) is 3.22. The van der Waals surface area contributed by atoms with Crippen LogP contribution in [0.1, 0.15) is 36.3 Å². The maximum Gasteiger partial charge on any atom is 0.242 e. The Hall–Kier alpha value is -2.52. The van der Waals surface area contributed by atoms with Gasteiger partial charge in [-0.1, -0.05) is 66.7 Å². The number of hydrogen-bond donors (Lipinski definition) is 0. The van der Waals surface area contributed by atoms with Crippen LogP contribution in [0.2, 0.25) is 0 Å². The van der Waals surface area contributed by atoms with Gasteiger partial charge in [0.2, 0.25) is 10.0 Å². The molecule has 0 saturated carbocycles. The second-order valence-electron chi connectivity index (χ2n) is 10.4. The van der Waals surface area contributed by atoms with E-state index in [9.17, 15) is 16.8 Å². The molecule has 5 rings (SSSR count). The molecule has 0 N–H and O–H groups in total. The topological polar surface area (TPSA) is 74.8 Å². The second-order valence-corrected chi connectivity index (χ2v) is 14.4. The van der Waals surface area contributed by atoms with Crippen LogP contribution < -0.4 is 0 Å². The summed E-state index contributed by atoms with van der Waals surface area (Å²) >= 11 is 0. The van der Waals surface area contributed by atoms with Crippen molar-refractivity contribution in [3.63, 3.8) is 0 Å². The molecule has 1 fully saturated rings. The van der Waals surface area contributed by atoms with Crippen molar-refractivity contribution in [1.82, 2.24) is 9.21 Å². The summed E-state index contributed by atoms with van der Waals surface area (Å²) in [5, 5.41) is 0. The Labute approximate surface area is 220 Å². The second kappa shape index (κ2) is 10.3. The fourth-order valence-corrected chi connectivity index (χ4v) is 9.39. The largest absolute Gasteiger partial charge is 0.303 e. The van der Waals surface area contributed by atoms with Crippen molar-refractivity contribution in [3.05, 3.63) is 96.1 Å². The lowest BCUT2D eigenvalue weighted by Crippen LogP contribution is -2.44. The molecule has 37 heavy (non-hydrogen) atoms. The SMILES string of the molecule is CN(C[C@H](CCN1CCC2(CC1)CS(=O)(=O)c1ccccc12)c1ccccc1)S(=O)(=O)c1ccccc1. The molecule has 0 aliphatic carbocycles. The van der Waals surface area contributed by atoms with Crippen molar-refractivity contribution in [1.29, 1.82) is 0 Å². The van der Waals surface area contributed by atoms with Crippen molar-refractivity contribution < 1.29 is 16.8 Å². The van der Waals surface area contributed by atoms with E-state index in [1.807, 2.05) is 42.5 Å². The summed E-state index contributed by atoms with van der Waals surface area (Å²) in [5.74, 6) is 0.260. The third-order valence-electron chi connectivity index (χ3n) is 8.07. The van der Waals surface area contributed by atoms with Crippen molar-refractivity contribution in [2.75, 3.05) is 39.0 Å². The highest BCUT2D eigenvalue weighted by atomic mass is 32.2. The molecule has 0 bridgehead atoms. The molecule has 1 atom stereocenters. The lowest BCUT2D eigenvalue weighted by Gasteiger charge is -2.39. The lowest BCUT2D eigenvalue weighted by atomic mass is 9.74. The first-order chi connectivity index (χ1) is 17.7. The van der Waals surface area contributed by atoms with Gasteiger partial charge in [-0.25, -0.2) is 21.1 Å². The maximum absolute atomic E-state index is 13.2. The highest BCUT2D eigenvalue weighted by Crippen LogP contribution is 2.46. The van der Waals surface area contributed by atoms with Crippen molar-refractivity contribution in [2.24, 2.45) is 0 Å². The highest BCUT2D eigenvalue weighted by molar-refractivity contribution is 7.91. The molecule has 0 unspecified atom stereocenters. The minimum atomic E-state index is -3.58. The van der Waals surface area contributed by atoms with Crippen LogP contribution in [-0.4, -0.2) is 65.0 Å². The van der Waals surface area contributed by atoms with Gasteiger partial charge in [-0.3, -0.25) is 0 Å². The molecule has 6 nitrogen and oxygen atoms in total. The highest BCUT2D eigenvalue weighted by Gasteiger charge is 2.48. The van der Waals surface area contributed by atoms with Crippen LogP contribution in [0.25, 0.3) is 0 Å². The first-order valence-electron chi connectivity index (χ1n) is 12.8. The molecule has 0 aromatic heterocycles. The number of likely N-dealkylation sites (tertiary alicyclic amines) is 1. The Balaban J connectivity index is 1.26. The number of hydrogen-bond acceptors (Lipinski definition) is 5. The zero-order chi connectivity index (χ0) is 26.1. The predicted octanol–water partition coefficient (Wildman–Crippen LogP) is 4.30. The van der Waals surface area contributed by atoms with Gasteiger partial charge in [0.25, 0.3) is 0 Å². The molecule has 2 aliphatic heterocycles. The van der Waals surface area contributed by atoms with Crippen LogP contribution in [0.15, 0.2) is 94.7 Å². The summed E-state index contributed by atoms with van der Waals surface area (Å²) in [6.45, 7) is 2.90. The standard InChI is InChI=1S/C29H34N2O4S2/c1-30(37(34,35)26-12-6-3-7-13-26)22-25(24-10-4-2-5-11-24)16-19-31-20-17-29(18-21-31)23-36(32,33)28-15-9-8-14-27(28)29/h2-15,25H,16-23H2,1H3/t25-/m0/s1. The van der Waals surface area contributed by atoms with Crippen LogP contribution >= 0.6 is 0 Å². The third-order valence-corrected chi connectivity index (χ3v) is 11.9. The van der Waals surface area contributed by atoms with Crippen LogP contribution in [0.4, 0.5) is 0 Å². The number of sulfone groups is 1. The molecular weight excluding hydrogens is 504 g/mol. The Bertz CT molecular complexity index is 1430. The minimum absolute atomic E-state index is 0.0492. The molecule has 1 saturated heterocycles. The first kappa shape index (κ1) is 26.1. The number of sulfonamides is 1. The minimum Gasteiger partial charge on any atom is -0.303 e. The number of nitrogens with zero attached hydrogens (tertiary/aromatic N) is 2. The number of likely N-dealkylation sites (N-methyl/N-ethyl adjacent to an activating group) is 1. The van der Waals surface area contributed by atoms with E-state index in [1.54, 1.807) is 37.4 Å². The molecule has 1 spiro atoms. The Kier molecular flexibility index (Phi) is 7.29. The smallest absolute Gasteiger partial charge is 0.242 e. The summed E-state index contributed by atoms with van der Waals surface area (Å²) in [5.41, 5.74) is 1.83. The summed E-state index contributed by atoms with van der Waals surface area (Å²) in [6, 6.07) is 26.2. The van der Waals surface area contributed by atoms with Gasteiger partial charge < -0.3 is 4.90 Å². The van der Waals surface area contributed by atoms with Crippen molar-refractivity contribution in [3.8, 4) is 0 Å². The average molecular weight is 539 g/mol. The van der Waals surface area contributed by atoms with Gasteiger partial charge in [0.1, 0.15) is 0 Å². The van der Waals surface area contributed by atoms with Gasteiger partial charge in [0.05, 0.1) is 15.5 Å². The van der Waals surface area contributed by atoms with Crippen LogP contribution in [0, 0.1) is 0 Å². The molecule has 0 amide bonds. The van der Waals surface area contributed by atoms with Gasteiger partial charge in [-0.15, -0.1) is 0 Å². The Morgan fingerprint density at radius 2 is 1.49 bits per heavy atom. The quantitative estimate of drug-likeness (QED) is 0.428. The zero-order valence-electron chi connectivity index (χ0n) is 21.2. The van der Waals surface area contributed by atoms with Gasteiger partial charge in [-0.05, 0) is 74.1 Å². The molecule has 8 heteroatoms. The van der Waals surface area contributed by atoms with E-state index in [0.29, 0.717) is 16.3 Å². The van der Waals surface area contributed by atoms with Gasteiger partial charge in [0.15, 0.2) is 9.84 Å². The van der Waals surface area contributed by atoms with E-state index in [2.05, 4.69) is 17.0 Å². The van der Waals surface area contributed by atoms with E-state index in [1.165, 1.54) is 4.31 Å². The van der Waals surface area contributed by atoms with Crippen molar-refractivity contribution >= 4 is 19.9 Å². The van der Waals surface area contributed by atoms with E-state index < -0.39 is 19.9 Å². The van der Waals surface area contributed by atoms with Gasteiger partial charge in [-0.2, -0.15) is 0 Å². The van der Waals surface area contributed by atoms with Crippen molar-refractivity contribution in [2.45, 2.75) is 40.4 Å². The number of benzene rings is 3. The normalized spacial score (nSPS) is 19.6. The fourth-order valence-electron chi connectivity index (χ4n) is 5.92. The lowest BCUT2D eigenvalue weighted by molar-refractivity contribution is 0.165. The number of fused-ring (bicyclic) bond motifs is 2. The Morgan fingerprint density at radius 1 is 0.892 bits per heavy atom. The molecule has 196 valence electrons. The van der Waals surface area contributed by atoms with E-state index in [0.717, 1.165) is 50.0 Å². The molecule has 2 aliphatic rings. The summed E-state index contributed by atoms with van der Waals surface area (Å²) < 4.78 is 53.4. The van der Waals surface area contributed by atoms with Gasteiger partial charge in [0, 0.05) is 19.0 Å². The molecule has 3 aromatic rings. The molecule has 2 heterocycles. The van der Waals surface area contributed by atoms with Gasteiger partial charge >= 0.3 is 0 Å². The maximum atomic E-state index is 13.2. The number of piperidine rings is 1. The summed E-state index contributed by atoms with van der Waals surface area (Å²) in [7, 11) is -5.15. The Morgan fingerprint density at radius 3 is 2.16 bits per heavy atom. The zero-order valence-corrected chi connectivity index (χ0v) is 22.8. The van der Waals surface area contributed by atoms with Crippen LogP contribution in [0.3, 0.4) is 0 Å². The van der Waals surface area contributed by atoms with E-state index >= 15 is 0 Å². The van der Waals surface area contributed by atoms with Crippen LogP contribution in [0.5, 0.6) is 0 Å². The van der Waals surface area contributed by atoms with Crippen LogP contribution in [-0.2, 0) is 25.3 Å². The monoisotopic (exact) mass is 538 g/mol. The number of rotatable bonds is 8.